The lowest BCUT2D eigenvalue weighted by atomic mass is 10.0. The van der Waals surface area contributed by atoms with Crippen LogP contribution in [-0.4, -0.2) is 36.5 Å². The van der Waals surface area contributed by atoms with Crippen molar-refractivity contribution in [3.8, 4) is 0 Å². The number of hydrogen-bond acceptors (Lipinski definition) is 2. The van der Waals surface area contributed by atoms with E-state index in [1.807, 2.05) is 11.8 Å². The van der Waals surface area contributed by atoms with Crippen molar-refractivity contribution in [3.05, 3.63) is 34.6 Å². The fraction of sp³-hybridized carbons (Fsp3) is 0.533. The zero-order valence-corrected chi connectivity index (χ0v) is 12.4. The number of nitrogens with zero attached hydrogens (tertiary/aromatic N) is 1. The molecular formula is C15H20ClFN2O. The van der Waals surface area contributed by atoms with Gasteiger partial charge in [0.1, 0.15) is 5.82 Å². The van der Waals surface area contributed by atoms with E-state index in [1.165, 1.54) is 18.2 Å². The third-order valence-electron chi connectivity index (χ3n) is 3.60. The predicted octanol–water partition coefficient (Wildman–Crippen LogP) is 3.08. The second-order valence-electron chi connectivity index (χ2n) is 5.13. The number of benzene rings is 1. The summed E-state index contributed by atoms with van der Waals surface area (Å²) in [5.41, 5.74) is 0.454. The molecule has 1 atom stereocenters. The van der Waals surface area contributed by atoms with Crippen LogP contribution in [0.2, 0.25) is 5.02 Å². The molecule has 3 nitrogen and oxygen atoms in total. The summed E-state index contributed by atoms with van der Waals surface area (Å²) in [5.74, 6) is -0.563. The summed E-state index contributed by atoms with van der Waals surface area (Å²) in [6.45, 7) is 4.59. The van der Waals surface area contributed by atoms with E-state index in [0.29, 0.717) is 12.1 Å². The standard InChI is InChI=1S/C15H20ClFN2O/c1-2-8-19(12-4-3-7-18-10-12)15(20)11-5-6-14(17)13(16)9-11/h5-6,9,12,18H,2-4,7-8,10H2,1H3. The number of carbonyl (C=O) groups is 1. The first-order valence-electron chi connectivity index (χ1n) is 7.10. The Kier molecular flexibility index (Phi) is 5.38. The van der Waals surface area contributed by atoms with Gasteiger partial charge in [-0.1, -0.05) is 18.5 Å². The highest BCUT2D eigenvalue weighted by molar-refractivity contribution is 6.31. The highest BCUT2D eigenvalue weighted by Crippen LogP contribution is 2.20. The van der Waals surface area contributed by atoms with Crippen LogP contribution in [0.1, 0.15) is 36.5 Å². The van der Waals surface area contributed by atoms with E-state index in [1.54, 1.807) is 0 Å². The van der Waals surface area contributed by atoms with Gasteiger partial charge in [-0.3, -0.25) is 4.79 Å². The third kappa shape index (κ3) is 3.49. The maximum Gasteiger partial charge on any atom is 0.254 e. The minimum absolute atomic E-state index is 0.00549. The molecule has 20 heavy (non-hydrogen) atoms. The minimum Gasteiger partial charge on any atom is -0.334 e. The largest absolute Gasteiger partial charge is 0.334 e. The van der Waals surface area contributed by atoms with Crippen molar-refractivity contribution >= 4 is 17.5 Å². The quantitative estimate of drug-likeness (QED) is 0.926. The van der Waals surface area contributed by atoms with E-state index >= 15 is 0 Å². The van der Waals surface area contributed by atoms with Crippen LogP contribution in [0, 0.1) is 5.82 Å². The number of rotatable bonds is 4. The first-order chi connectivity index (χ1) is 9.63. The van der Waals surface area contributed by atoms with Gasteiger partial charge in [0, 0.05) is 24.7 Å². The molecule has 1 unspecified atom stereocenters. The molecule has 0 saturated carbocycles. The van der Waals surface area contributed by atoms with Gasteiger partial charge >= 0.3 is 0 Å². The monoisotopic (exact) mass is 298 g/mol. The Balaban J connectivity index is 2.18. The molecule has 1 heterocycles. The Bertz CT molecular complexity index is 475. The van der Waals surface area contributed by atoms with Crippen LogP contribution in [-0.2, 0) is 0 Å². The second-order valence-corrected chi connectivity index (χ2v) is 5.53. The molecule has 1 saturated heterocycles. The smallest absolute Gasteiger partial charge is 0.254 e. The van der Waals surface area contributed by atoms with Gasteiger partial charge in [0.25, 0.3) is 5.91 Å². The first kappa shape index (κ1) is 15.3. The highest BCUT2D eigenvalue weighted by atomic mass is 35.5. The molecular weight excluding hydrogens is 279 g/mol. The van der Waals surface area contributed by atoms with E-state index in [2.05, 4.69) is 5.32 Å². The lowest BCUT2D eigenvalue weighted by Crippen LogP contribution is -2.49. The molecule has 1 amide bonds. The Hall–Kier alpha value is -1.13. The van der Waals surface area contributed by atoms with Gasteiger partial charge in [-0.15, -0.1) is 0 Å². The van der Waals surface area contributed by atoms with Crippen LogP contribution in [0.4, 0.5) is 4.39 Å². The zero-order valence-electron chi connectivity index (χ0n) is 11.7. The number of amides is 1. The lowest BCUT2D eigenvalue weighted by Gasteiger charge is -2.34. The van der Waals surface area contributed by atoms with Crippen molar-refractivity contribution in [2.45, 2.75) is 32.2 Å². The average Bonchev–Trinajstić information content (AvgIpc) is 2.48. The highest BCUT2D eigenvalue weighted by Gasteiger charge is 2.25. The minimum atomic E-state index is -0.496. The molecule has 1 fully saturated rings. The molecule has 1 aromatic carbocycles. The molecule has 0 bridgehead atoms. The van der Waals surface area contributed by atoms with Gasteiger partial charge in [0.05, 0.1) is 5.02 Å². The van der Waals surface area contributed by atoms with Crippen LogP contribution >= 0.6 is 11.6 Å². The molecule has 0 aromatic heterocycles. The first-order valence-corrected chi connectivity index (χ1v) is 7.48. The molecule has 1 aliphatic rings. The topological polar surface area (TPSA) is 32.3 Å². The molecule has 1 N–H and O–H groups in total. The van der Waals surface area contributed by atoms with Gasteiger partial charge in [-0.05, 0) is 44.0 Å². The van der Waals surface area contributed by atoms with E-state index in [0.717, 1.165) is 32.4 Å². The van der Waals surface area contributed by atoms with Crippen molar-refractivity contribution in [1.82, 2.24) is 10.2 Å². The second kappa shape index (κ2) is 7.04. The summed E-state index contributed by atoms with van der Waals surface area (Å²) >= 11 is 5.77. The maximum absolute atomic E-state index is 13.2. The molecule has 5 heteroatoms. The Morgan fingerprint density at radius 2 is 2.35 bits per heavy atom. The van der Waals surface area contributed by atoms with Crippen molar-refractivity contribution in [2.24, 2.45) is 0 Å². The number of piperidine rings is 1. The van der Waals surface area contributed by atoms with E-state index < -0.39 is 5.82 Å². The van der Waals surface area contributed by atoms with E-state index in [4.69, 9.17) is 11.6 Å². The van der Waals surface area contributed by atoms with Crippen molar-refractivity contribution in [2.75, 3.05) is 19.6 Å². The predicted molar refractivity (Wildman–Crippen MR) is 78.6 cm³/mol. The molecule has 0 aliphatic carbocycles. The summed E-state index contributed by atoms with van der Waals surface area (Å²) in [4.78, 5) is 14.5. The third-order valence-corrected chi connectivity index (χ3v) is 3.89. The van der Waals surface area contributed by atoms with Crippen LogP contribution in [0.15, 0.2) is 18.2 Å². The lowest BCUT2D eigenvalue weighted by molar-refractivity contribution is 0.0649. The van der Waals surface area contributed by atoms with Crippen molar-refractivity contribution < 1.29 is 9.18 Å². The van der Waals surface area contributed by atoms with Crippen molar-refractivity contribution in [1.29, 1.82) is 0 Å². The maximum atomic E-state index is 13.2. The summed E-state index contributed by atoms with van der Waals surface area (Å²) in [7, 11) is 0. The van der Waals surface area contributed by atoms with Gasteiger partial charge in [-0.2, -0.15) is 0 Å². The molecule has 0 spiro atoms. The molecule has 2 rings (SSSR count). The Morgan fingerprint density at radius 3 is 2.95 bits per heavy atom. The van der Waals surface area contributed by atoms with Crippen LogP contribution in [0.25, 0.3) is 0 Å². The van der Waals surface area contributed by atoms with Gasteiger partial charge in [-0.25, -0.2) is 4.39 Å². The summed E-state index contributed by atoms with van der Waals surface area (Å²) in [6.07, 6.45) is 2.98. The van der Waals surface area contributed by atoms with E-state index in [-0.39, 0.29) is 17.0 Å². The summed E-state index contributed by atoms with van der Waals surface area (Å²) in [5, 5.41) is 3.32. The fourth-order valence-electron chi connectivity index (χ4n) is 2.59. The zero-order chi connectivity index (χ0) is 14.5. The Labute approximate surface area is 124 Å². The molecule has 1 aromatic rings. The van der Waals surface area contributed by atoms with Crippen molar-refractivity contribution in [3.63, 3.8) is 0 Å². The number of carbonyl (C=O) groups excluding carboxylic acids is 1. The number of nitrogens with one attached hydrogen (secondary N) is 1. The van der Waals surface area contributed by atoms with E-state index in [9.17, 15) is 9.18 Å². The average molecular weight is 299 g/mol. The van der Waals surface area contributed by atoms with Crippen LogP contribution in [0.3, 0.4) is 0 Å². The number of halogens is 2. The van der Waals surface area contributed by atoms with Gasteiger partial charge in [0.2, 0.25) is 0 Å². The molecule has 110 valence electrons. The summed E-state index contributed by atoms with van der Waals surface area (Å²) < 4.78 is 13.2. The summed E-state index contributed by atoms with van der Waals surface area (Å²) in [6, 6.07) is 4.37. The fourth-order valence-corrected chi connectivity index (χ4v) is 2.77. The van der Waals surface area contributed by atoms with Gasteiger partial charge in [0.15, 0.2) is 0 Å². The SMILES string of the molecule is CCCN(C(=O)c1ccc(F)c(Cl)c1)C1CCCNC1. The Morgan fingerprint density at radius 1 is 1.55 bits per heavy atom. The molecule has 1 aliphatic heterocycles. The number of hydrogen-bond donors (Lipinski definition) is 1. The van der Waals surface area contributed by atoms with Gasteiger partial charge < -0.3 is 10.2 Å². The normalized spacial score (nSPS) is 18.9. The van der Waals surface area contributed by atoms with Crippen LogP contribution < -0.4 is 5.32 Å². The molecule has 0 radical (unpaired) electrons. The van der Waals surface area contributed by atoms with Crippen LogP contribution in [0.5, 0.6) is 0 Å².